The number of nitrogens with one attached hydrogen (secondary N) is 1. The van der Waals surface area contributed by atoms with Crippen LogP contribution in [0.15, 0.2) is 93.7 Å². The van der Waals surface area contributed by atoms with E-state index >= 15 is 0 Å². The number of alkyl halides is 5. The van der Waals surface area contributed by atoms with Crippen LogP contribution in [0.4, 0.5) is 22.0 Å². The van der Waals surface area contributed by atoms with Crippen LogP contribution in [0, 0.1) is 0 Å². The van der Waals surface area contributed by atoms with Crippen molar-refractivity contribution in [3.05, 3.63) is 122 Å². The smallest absolute Gasteiger partial charge is 0.451 e. The molecule has 274 valence electrons. The van der Waals surface area contributed by atoms with Crippen molar-refractivity contribution in [2.75, 3.05) is 6.54 Å². The Hall–Kier alpha value is -4.71. The summed E-state index contributed by atoms with van der Waals surface area (Å²) in [4.78, 5) is 40.8. The fraction of sp³-hybridized carbons (Fsp3) is 0.359. The van der Waals surface area contributed by atoms with Gasteiger partial charge in [0.15, 0.2) is 11.2 Å². The summed E-state index contributed by atoms with van der Waals surface area (Å²) >= 11 is 6.09. The number of rotatable bonds is 10. The molecule has 1 saturated heterocycles. The average molecular weight is 743 g/mol. The Morgan fingerprint density at radius 2 is 1.69 bits per heavy atom. The molecular formula is C39H36ClF5N2O5. The molecule has 2 heterocycles. The third-order valence-corrected chi connectivity index (χ3v) is 9.78. The number of piperidine rings is 1. The van der Waals surface area contributed by atoms with Gasteiger partial charge in [-0.15, -0.1) is 0 Å². The van der Waals surface area contributed by atoms with Gasteiger partial charge in [-0.3, -0.25) is 14.4 Å². The van der Waals surface area contributed by atoms with E-state index in [1.807, 2.05) is 35.2 Å². The van der Waals surface area contributed by atoms with Gasteiger partial charge in [-0.05, 0) is 97.9 Å². The van der Waals surface area contributed by atoms with E-state index in [-0.39, 0.29) is 22.6 Å². The van der Waals surface area contributed by atoms with Crippen molar-refractivity contribution in [3.63, 3.8) is 0 Å². The molecule has 3 aromatic carbocycles. The highest BCUT2D eigenvalue weighted by molar-refractivity contribution is 6.30. The molecule has 52 heavy (non-hydrogen) atoms. The molecule has 0 bridgehead atoms. The number of nitrogens with zero attached hydrogens (tertiary/aromatic N) is 1. The fourth-order valence-electron chi connectivity index (χ4n) is 6.84. The van der Waals surface area contributed by atoms with Crippen molar-refractivity contribution in [2.24, 2.45) is 0 Å². The SMILES string of the molecule is O=C(N[C@@H](C=C1CCC(c2ccccc2CN2CCCCC2=O)CC1)Cc1ccc(Cl)cc1)c1cc(=O)c2cc(OC(F)(F)C(F)(F)F)ccc2o1. The molecule has 13 heteroatoms. The molecule has 0 unspecified atom stereocenters. The monoisotopic (exact) mass is 742 g/mol. The minimum absolute atomic E-state index is 0.197. The van der Waals surface area contributed by atoms with Gasteiger partial charge in [0, 0.05) is 30.6 Å². The van der Waals surface area contributed by atoms with Gasteiger partial charge in [0.25, 0.3) is 5.91 Å². The molecule has 1 N–H and O–H groups in total. The number of halogens is 6. The van der Waals surface area contributed by atoms with Gasteiger partial charge in [-0.25, -0.2) is 0 Å². The molecule has 1 atom stereocenters. The van der Waals surface area contributed by atoms with Gasteiger partial charge < -0.3 is 19.4 Å². The number of fused-ring (bicyclic) bond motifs is 1. The van der Waals surface area contributed by atoms with E-state index < -0.39 is 35.4 Å². The Balaban J connectivity index is 1.18. The summed E-state index contributed by atoms with van der Waals surface area (Å²) in [6.07, 6.45) is -3.14. The van der Waals surface area contributed by atoms with E-state index in [1.165, 1.54) is 11.1 Å². The van der Waals surface area contributed by atoms with Crippen LogP contribution in [-0.4, -0.2) is 41.6 Å². The van der Waals surface area contributed by atoms with Gasteiger partial charge >= 0.3 is 12.3 Å². The molecule has 1 aliphatic heterocycles. The number of benzene rings is 3. The molecule has 0 radical (unpaired) electrons. The second kappa shape index (κ2) is 15.5. The van der Waals surface area contributed by atoms with E-state index in [1.54, 1.807) is 12.1 Å². The predicted molar refractivity (Wildman–Crippen MR) is 186 cm³/mol. The summed E-state index contributed by atoms with van der Waals surface area (Å²) < 4.78 is 74.2. The molecule has 6 rings (SSSR count). The first-order valence-corrected chi connectivity index (χ1v) is 17.5. The Labute approximate surface area is 301 Å². The first-order chi connectivity index (χ1) is 24.8. The largest absolute Gasteiger partial charge is 0.499 e. The van der Waals surface area contributed by atoms with Gasteiger partial charge in [0.1, 0.15) is 11.3 Å². The topological polar surface area (TPSA) is 88.9 Å². The fourth-order valence-corrected chi connectivity index (χ4v) is 6.97. The molecule has 2 aliphatic rings. The summed E-state index contributed by atoms with van der Waals surface area (Å²) in [6.45, 7) is 1.38. The van der Waals surface area contributed by atoms with Gasteiger partial charge in [-0.1, -0.05) is 59.6 Å². The van der Waals surface area contributed by atoms with Crippen LogP contribution < -0.4 is 15.5 Å². The Morgan fingerprint density at radius 1 is 0.962 bits per heavy atom. The third kappa shape index (κ3) is 8.83. The van der Waals surface area contributed by atoms with Crippen LogP contribution in [0.25, 0.3) is 11.0 Å². The van der Waals surface area contributed by atoms with Crippen molar-refractivity contribution in [1.82, 2.24) is 10.2 Å². The summed E-state index contributed by atoms with van der Waals surface area (Å²) in [5, 5.41) is 3.14. The van der Waals surface area contributed by atoms with Crippen molar-refractivity contribution in [1.29, 1.82) is 0 Å². The van der Waals surface area contributed by atoms with Crippen LogP contribution in [0.5, 0.6) is 5.75 Å². The highest BCUT2D eigenvalue weighted by atomic mass is 35.5. The zero-order valence-corrected chi connectivity index (χ0v) is 28.7. The van der Waals surface area contributed by atoms with Gasteiger partial charge in [0.2, 0.25) is 5.91 Å². The lowest BCUT2D eigenvalue weighted by molar-refractivity contribution is -0.360. The van der Waals surface area contributed by atoms with Crippen LogP contribution in [0.1, 0.15) is 78.1 Å². The standard InChI is InChI=1S/C39H36ClF5N2O5/c40-28-14-10-25(11-15-28)20-29(19-24-8-12-26(13-9-24)31-6-2-1-5-27(31)23-47-18-4-3-7-36(47)49)46-37(50)35-22-33(48)32-21-30(16-17-34(32)51-35)52-39(44,45)38(41,42)43/h1-2,5-6,10-11,14-17,19,21-22,26,29H,3-4,7-9,12-13,18,20,23H2,(H,46,50)/t26?,29-/m0/s1. The first kappa shape index (κ1) is 37.1. The summed E-state index contributed by atoms with van der Waals surface area (Å²) in [5.74, 6) is -1.46. The Bertz CT molecular complexity index is 2020. The molecular weight excluding hydrogens is 707 g/mol. The second-order valence-electron chi connectivity index (χ2n) is 13.2. The minimum atomic E-state index is -5.97. The zero-order valence-electron chi connectivity index (χ0n) is 28.0. The first-order valence-electron chi connectivity index (χ1n) is 17.1. The zero-order chi connectivity index (χ0) is 37.0. The number of hydrogen-bond donors (Lipinski definition) is 1. The average Bonchev–Trinajstić information content (AvgIpc) is 3.10. The molecule has 1 aliphatic carbocycles. The maximum Gasteiger partial charge on any atom is 0.499 e. The van der Waals surface area contributed by atoms with Crippen LogP contribution in [-0.2, 0) is 17.8 Å². The maximum absolute atomic E-state index is 13.5. The minimum Gasteiger partial charge on any atom is -0.451 e. The highest BCUT2D eigenvalue weighted by Crippen LogP contribution is 2.39. The summed E-state index contributed by atoms with van der Waals surface area (Å²) in [6, 6.07) is 18.3. The number of likely N-dealkylation sites (tertiary alicyclic amines) is 1. The maximum atomic E-state index is 13.5. The molecule has 2 amide bonds. The van der Waals surface area contributed by atoms with Crippen molar-refractivity contribution < 1.29 is 40.7 Å². The van der Waals surface area contributed by atoms with Crippen molar-refractivity contribution in [3.8, 4) is 5.75 Å². The highest BCUT2D eigenvalue weighted by Gasteiger charge is 2.61. The number of carbonyl (C=O) groups excluding carboxylic acids is 2. The molecule has 1 saturated carbocycles. The van der Waals surface area contributed by atoms with Crippen LogP contribution in [0.2, 0.25) is 5.02 Å². The predicted octanol–water partition coefficient (Wildman–Crippen LogP) is 9.12. The lowest BCUT2D eigenvalue weighted by atomic mass is 9.79. The van der Waals surface area contributed by atoms with E-state index in [0.717, 1.165) is 74.4 Å². The third-order valence-electron chi connectivity index (χ3n) is 9.53. The van der Waals surface area contributed by atoms with Crippen molar-refractivity contribution in [2.45, 2.75) is 82.2 Å². The quantitative estimate of drug-likeness (QED) is 0.129. The van der Waals surface area contributed by atoms with Crippen LogP contribution >= 0.6 is 11.6 Å². The number of amides is 2. The molecule has 7 nitrogen and oxygen atoms in total. The lowest BCUT2D eigenvalue weighted by Gasteiger charge is -2.31. The molecule has 1 aromatic heterocycles. The van der Waals surface area contributed by atoms with Crippen molar-refractivity contribution >= 4 is 34.4 Å². The van der Waals surface area contributed by atoms with Crippen LogP contribution in [0.3, 0.4) is 0 Å². The number of allylic oxidation sites excluding steroid dienone is 1. The second-order valence-corrected chi connectivity index (χ2v) is 13.7. The lowest BCUT2D eigenvalue weighted by Crippen LogP contribution is -2.41. The molecule has 4 aromatic rings. The molecule has 0 spiro atoms. The van der Waals surface area contributed by atoms with Gasteiger partial charge in [-0.2, -0.15) is 22.0 Å². The van der Waals surface area contributed by atoms with E-state index in [9.17, 15) is 36.3 Å². The number of ether oxygens (including phenoxy) is 1. The normalized spacial score (nSPS) is 17.6. The number of carbonyl (C=O) groups is 2. The molecule has 2 fully saturated rings. The Morgan fingerprint density at radius 3 is 2.40 bits per heavy atom. The summed E-state index contributed by atoms with van der Waals surface area (Å²) in [7, 11) is 0. The van der Waals surface area contributed by atoms with E-state index in [2.05, 4.69) is 22.2 Å². The van der Waals surface area contributed by atoms with Gasteiger partial charge in [0.05, 0.1) is 11.4 Å². The number of hydrogen-bond acceptors (Lipinski definition) is 5. The summed E-state index contributed by atoms with van der Waals surface area (Å²) in [5.41, 5.74) is 3.44. The Kier molecular flexibility index (Phi) is 11.0. The van der Waals surface area contributed by atoms with E-state index in [0.29, 0.717) is 36.4 Å². The van der Waals surface area contributed by atoms with E-state index in [4.69, 9.17) is 16.0 Å².